The molecule has 0 amide bonds. The molecule has 0 saturated carbocycles. The molecule has 0 bridgehead atoms. The van der Waals surface area contributed by atoms with Crippen LogP contribution >= 0.6 is 0 Å². The van der Waals surface area contributed by atoms with Crippen molar-refractivity contribution >= 4 is 0 Å². The number of hydrogen-bond donors (Lipinski definition) is 0. The van der Waals surface area contributed by atoms with Gasteiger partial charge in [-0.25, -0.2) is 0 Å². The zero-order valence-electron chi connectivity index (χ0n) is 12.2. The summed E-state index contributed by atoms with van der Waals surface area (Å²) in [6.45, 7) is 4.23. The Morgan fingerprint density at radius 2 is 1.35 bits per heavy atom. The van der Waals surface area contributed by atoms with E-state index in [-0.39, 0.29) is 0 Å². The van der Waals surface area contributed by atoms with Crippen molar-refractivity contribution in [1.29, 1.82) is 0 Å². The van der Waals surface area contributed by atoms with Gasteiger partial charge in [0.2, 0.25) is 0 Å². The van der Waals surface area contributed by atoms with Gasteiger partial charge in [-0.3, -0.25) is 0 Å². The molecule has 1 aliphatic heterocycles. The number of methoxy groups -OCH3 is 2. The number of fused-ring (bicyclic) bond motifs is 2. The van der Waals surface area contributed by atoms with Gasteiger partial charge in [-0.1, -0.05) is 6.07 Å². The molecule has 20 heavy (non-hydrogen) atoms. The Bertz CT molecular complexity index is 616. The molecule has 3 nitrogen and oxygen atoms in total. The minimum atomic E-state index is 0.693. The topological polar surface area (TPSA) is 27.7 Å². The van der Waals surface area contributed by atoms with Gasteiger partial charge in [0.05, 0.1) is 14.2 Å². The molecule has 2 aromatic carbocycles. The third-order valence-corrected chi connectivity index (χ3v) is 3.84. The van der Waals surface area contributed by atoms with Crippen LogP contribution in [0.15, 0.2) is 24.3 Å². The van der Waals surface area contributed by atoms with Gasteiger partial charge in [-0.05, 0) is 42.7 Å². The Hall–Kier alpha value is -2.16. The van der Waals surface area contributed by atoms with Crippen LogP contribution in [-0.2, 0) is 6.42 Å². The monoisotopic (exact) mass is 270 g/mol. The Morgan fingerprint density at radius 3 is 2.05 bits per heavy atom. The number of ether oxygens (including phenoxy) is 3. The van der Waals surface area contributed by atoms with Gasteiger partial charge in [0.25, 0.3) is 0 Å². The van der Waals surface area contributed by atoms with Gasteiger partial charge < -0.3 is 14.2 Å². The molecule has 0 radical (unpaired) electrons. The molecule has 0 saturated heterocycles. The maximum absolute atomic E-state index is 6.02. The SMILES string of the molecule is COc1cc2c(cc1OC)Oc1cc(C)c(C)cc1C2. The predicted octanol–water partition coefficient (Wildman–Crippen LogP) is 4.02. The van der Waals surface area contributed by atoms with Gasteiger partial charge in [0.15, 0.2) is 11.5 Å². The zero-order chi connectivity index (χ0) is 14.3. The average molecular weight is 270 g/mol. The predicted molar refractivity (Wildman–Crippen MR) is 78.3 cm³/mol. The summed E-state index contributed by atoms with van der Waals surface area (Å²) in [5.74, 6) is 3.21. The Labute approximate surface area is 119 Å². The molecule has 1 aliphatic rings. The summed E-state index contributed by atoms with van der Waals surface area (Å²) in [6, 6.07) is 8.19. The van der Waals surface area contributed by atoms with Crippen molar-refractivity contribution in [3.63, 3.8) is 0 Å². The third-order valence-electron chi connectivity index (χ3n) is 3.84. The second kappa shape index (κ2) is 4.75. The minimum Gasteiger partial charge on any atom is -0.493 e. The van der Waals surface area contributed by atoms with Crippen LogP contribution in [0.1, 0.15) is 22.3 Å². The lowest BCUT2D eigenvalue weighted by atomic mass is 9.96. The Kier molecular flexibility index (Phi) is 3.05. The fourth-order valence-corrected chi connectivity index (χ4v) is 2.54. The summed E-state index contributed by atoms with van der Waals surface area (Å²) in [7, 11) is 3.28. The fourth-order valence-electron chi connectivity index (χ4n) is 2.54. The third kappa shape index (κ3) is 1.99. The second-order valence-electron chi connectivity index (χ2n) is 5.14. The maximum Gasteiger partial charge on any atom is 0.164 e. The van der Waals surface area contributed by atoms with Crippen LogP contribution in [0.25, 0.3) is 0 Å². The molecule has 3 heteroatoms. The van der Waals surface area contributed by atoms with E-state index in [0.717, 1.165) is 29.2 Å². The van der Waals surface area contributed by atoms with E-state index in [0.29, 0.717) is 5.75 Å². The number of rotatable bonds is 2. The number of hydrogen-bond acceptors (Lipinski definition) is 3. The largest absolute Gasteiger partial charge is 0.493 e. The molecule has 0 spiro atoms. The van der Waals surface area contributed by atoms with E-state index in [9.17, 15) is 0 Å². The highest BCUT2D eigenvalue weighted by Gasteiger charge is 2.20. The van der Waals surface area contributed by atoms with Gasteiger partial charge in [0.1, 0.15) is 11.5 Å². The van der Waals surface area contributed by atoms with Crippen LogP contribution in [0.5, 0.6) is 23.0 Å². The lowest BCUT2D eigenvalue weighted by Crippen LogP contribution is -2.05. The van der Waals surface area contributed by atoms with E-state index in [1.165, 1.54) is 16.7 Å². The highest BCUT2D eigenvalue weighted by Crippen LogP contribution is 2.43. The molecular weight excluding hydrogens is 252 g/mol. The van der Waals surface area contributed by atoms with Crippen LogP contribution in [0.2, 0.25) is 0 Å². The van der Waals surface area contributed by atoms with Crippen molar-refractivity contribution in [3.8, 4) is 23.0 Å². The second-order valence-corrected chi connectivity index (χ2v) is 5.14. The summed E-state index contributed by atoms with van der Waals surface area (Å²) in [5.41, 5.74) is 4.87. The first-order valence-electron chi connectivity index (χ1n) is 6.65. The molecule has 3 rings (SSSR count). The molecule has 0 aliphatic carbocycles. The quantitative estimate of drug-likeness (QED) is 0.704. The van der Waals surface area contributed by atoms with Gasteiger partial charge in [-0.15, -0.1) is 0 Å². The first kappa shape index (κ1) is 12.9. The lowest BCUT2D eigenvalue weighted by molar-refractivity contribution is 0.350. The van der Waals surface area contributed by atoms with Crippen molar-refractivity contribution in [2.45, 2.75) is 20.3 Å². The smallest absolute Gasteiger partial charge is 0.164 e. The van der Waals surface area contributed by atoms with Gasteiger partial charge in [0, 0.05) is 18.1 Å². The molecular formula is C17H18O3. The summed E-state index contributed by atoms with van der Waals surface area (Å²) in [4.78, 5) is 0. The summed E-state index contributed by atoms with van der Waals surface area (Å²) < 4.78 is 16.7. The number of aryl methyl sites for hydroxylation is 2. The zero-order valence-corrected chi connectivity index (χ0v) is 12.2. The average Bonchev–Trinajstić information content (AvgIpc) is 2.45. The molecule has 0 unspecified atom stereocenters. The van der Waals surface area contributed by atoms with E-state index in [4.69, 9.17) is 14.2 Å². The molecule has 1 heterocycles. The molecule has 104 valence electrons. The highest BCUT2D eigenvalue weighted by molar-refractivity contribution is 5.58. The minimum absolute atomic E-state index is 0.693. The molecule has 2 aromatic rings. The first-order valence-corrected chi connectivity index (χ1v) is 6.65. The van der Waals surface area contributed by atoms with E-state index in [2.05, 4.69) is 26.0 Å². The van der Waals surface area contributed by atoms with E-state index < -0.39 is 0 Å². The van der Waals surface area contributed by atoms with Gasteiger partial charge in [-0.2, -0.15) is 0 Å². The highest BCUT2D eigenvalue weighted by atomic mass is 16.5. The molecule has 0 fully saturated rings. The standard InChI is InChI=1S/C17H18O3/c1-10-5-12-7-13-8-16(18-3)17(19-4)9-15(13)20-14(12)6-11(10)2/h5-6,8-9H,7H2,1-4H3. The van der Waals surface area contributed by atoms with E-state index >= 15 is 0 Å². The van der Waals surface area contributed by atoms with Crippen molar-refractivity contribution in [1.82, 2.24) is 0 Å². The van der Waals surface area contributed by atoms with Crippen molar-refractivity contribution < 1.29 is 14.2 Å². The molecule has 0 N–H and O–H groups in total. The van der Waals surface area contributed by atoms with E-state index in [1.54, 1.807) is 14.2 Å². The summed E-state index contributed by atoms with van der Waals surface area (Å²) in [6.07, 6.45) is 0.853. The Morgan fingerprint density at radius 1 is 0.800 bits per heavy atom. The van der Waals surface area contributed by atoms with E-state index in [1.807, 2.05) is 12.1 Å². The van der Waals surface area contributed by atoms with Crippen molar-refractivity contribution in [3.05, 3.63) is 46.5 Å². The normalized spacial score (nSPS) is 12.2. The fraction of sp³-hybridized carbons (Fsp3) is 0.294. The first-order chi connectivity index (χ1) is 9.62. The summed E-state index contributed by atoms with van der Waals surface area (Å²) in [5, 5.41) is 0. The molecule has 0 atom stereocenters. The summed E-state index contributed by atoms with van der Waals surface area (Å²) >= 11 is 0. The lowest BCUT2D eigenvalue weighted by Gasteiger charge is -2.23. The van der Waals surface area contributed by atoms with Crippen LogP contribution in [-0.4, -0.2) is 14.2 Å². The van der Waals surface area contributed by atoms with Gasteiger partial charge >= 0.3 is 0 Å². The molecule has 0 aromatic heterocycles. The maximum atomic E-state index is 6.02. The number of benzene rings is 2. The van der Waals surface area contributed by atoms with Crippen molar-refractivity contribution in [2.24, 2.45) is 0 Å². The Balaban J connectivity index is 2.08. The van der Waals surface area contributed by atoms with Crippen LogP contribution < -0.4 is 14.2 Å². The van der Waals surface area contributed by atoms with Crippen LogP contribution in [0.4, 0.5) is 0 Å². The van der Waals surface area contributed by atoms with Crippen LogP contribution in [0, 0.1) is 13.8 Å². The van der Waals surface area contributed by atoms with Crippen LogP contribution in [0.3, 0.4) is 0 Å². The van der Waals surface area contributed by atoms with Crippen molar-refractivity contribution in [2.75, 3.05) is 14.2 Å².